The molecule has 0 spiro atoms. The predicted octanol–water partition coefficient (Wildman–Crippen LogP) is 6.68. The van der Waals surface area contributed by atoms with Gasteiger partial charge in [0.05, 0.1) is 0 Å². The van der Waals surface area contributed by atoms with Gasteiger partial charge < -0.3 is 15.0 Å². The van der Waals surface area contributed by atoms with Crippen LogP contribution in [0.25, 0.3) is 0 Å². The molecular weight excluding hydrogens is 540 g/mol. The first-order valence-corrected chi connectivity index (χ1v) is 14.0. The Hall–Kier alpha value is -3.12. The maximum Gasteiger partial charge on any atom is 0.261 e. The Morgan fingerprint density at radius 1 is 0.947 bits per heavy atom. The third kappa shape index (κ3) is 8.45. The first-order valence-electron chi connectivity index (χ1n) is 13.2. The molecule has 202 valence electrons. The zero-order chi connectivity index (χ0) is 27.7. The van der Waals surface area contributed by atoms with E-state index in [0.717, 1.165) is 27.6 Å². The van der Waals surface area contributed by atoms with Gasteiger partial charge in [0, 0.05) is 23.5 Å². The summed E-state index contributed by atoms with van der Waals surface area (Å²) >= 11 is 3.53. The maximum absolute atomic E-state index is 13.9. The molecule has 0 fully saturated rings. The number of benzene rings is 3. The van der Waals surface area contributed by atoms with E-state index in [4.69, 9.17) is 4.74 Å². The molecule has 0 radical (unpaired) electrons. The van der Waals surface area contributed by atoms with Crippen LogP contribution in [-0.2, 0) is 28.0 Å². The first-order chi connectivity index (χ1) is 18.1. The summed E-state index contributed by atoms with van der Waals surface area (Å²) < 4.78 is 7.04. The molecular formula is C32H39BrN2O3. The van der Waals surface area contributed by atoms with E-state index in [0.29, 0.717) is 12.2 Å². The van der Waals surface area contributed by atoms with Gasteiger partial charge in [-0.1, -0.05) is 104 Å². The summed E-state index contributed by atoms with van der Waals surface area (Å²) in [5.74, 6) is 0.273. The number of hydrogen-bond acceptors (Lipinski definition) is 3. The van der Waals surface area contributed by atoms with Gasteiger partial charge in [-0.15, -0.1) is 0 Å². The van der Waals surface area contributed by atoms with E-state index in [-0.39, 0.29) is 36.4 Å². The Bertz CT molecular complexity index is 1210. The largest absolute Gasteiger partial charge is 0.483 e. The Balaban J connectivity index is 1.95. The summed E-state index contributed by atoms with van der Waals surface area (Å²) in [6.07, 6.45) is 1.21. The van der Waals surface area contributed by atoms with Gasteiger partial charge in [-0.3, -0.25) is 9.59 Å². The molecule has 3 aromatic carbocycles. The van der Waals surface area contributed by atoms with Crippen molar-refractivity contribution in [3.8, 4) is 5.75 Å². The van der Waals surface area contributed by atoms with Gasteiger partial charge in [-0.05, 0) is 53.6 Å². The number of nitrogens with one attached hydrogen (secondary N) is 1. The fourth-order valence-corrected chi connectivity index (χ4v) is 4.71. The third-order valence-electron chi connectivity index (χ3n) is 6.56. The Kier molecular flexibility index (Phi) is 10.5. The molecule has 0 aromatic heterocycles. The van der Waals surface area contributed by atoms with Crippen LogP contribution in [0.4, 0.5) is 0 Å². The molecule has 0 aliphatic rings. The fraction of sp³-hybridized carbons (Fsp3) is 0.375. The van der Waals surface area contributed by atoms with Crippen molar-refractivity contribution in [2.75, 3.05) is 6.61 Å². The number of rotatable bonds is 11. The zero-order valence-corrected chi connectivity index (χ0v) is 24.6. The number of carbonyl (C=O) groups is 2. The van der Waals surface area contributed by atoms with Crippen LogP contribution < -0.4 is 10.1 Å². The molecule has 1 N–H and O–H groups in total. The van der Waals surface area contributed by atoms with E-state index in [2.05, 4.69) is 42.0 Å². The lowest BCUT2D eigenvalue weighted by molar-refractivity contribution is -0.143. The number of amides is 2. The highest BCUT2D eigenvalue weighted by molar-refractivity contribution is 9.10. The molecule has 6 heteroatoms. The highest BCUT2D eigenvalue weighted by atomic mass is 79.9. The minimum Gasteiger partial charge on any atom is -0.483 e. The Labute approximate surface area is 235 Å². The van der Waals surface area contributed by atoms with Crippen molar-refractivity contribution in [2.45, 2.75) is 71.5 Å². The van der Waals surface area contributed by atoms with Crippen LogP contribution in [0.3, 0.4) is 0 Å². The van der Waals surface area contributed by atoms with Gasteiger partial charge in [0.25, 0.3) is 5.91 Å². The van der Waals surface area contributed by atoms with Crippen molar-refractivity contribution in [1.82, 2.24) is 10.2 Å². The van der Waals surface area contributed by atoms with E-state index < -0.39 is 6.04 Å². The number of hydrogen-bond donors (Lipinski definition) is 1. The lowest BCUT2D eigenvalue weighted by Gasteiger charge is -2.32. The topological polar surface area (TPSA) is 58.6 Å². The van der Waals surface area contributed by atoms with Crippen molar-refractivity contribution in [3.05, 3.63) is 100 Å². The predicted molar refractivity (Wildman–Crippen MR) is 157 cm³/mol. The number of carbonyl (C=O) groups excluding carboxylic acids is 2. The van der Waals surface area contributed by atoms with Crippen LogP contribution in [0.5, 0.6) is 5.75 Å². The van der Waals surface area contributed by atoms with E-state index in [9.17, 15) is 9.59 Å². The number of halogens is 1. The normalized spacial score (nSPS) is 12.9. The maximum atomic E-state index is 13.9. The van der Waals surface area contributed by atoms with Gasteiger partial charge in [0.1, 0.15) is 11.8 Å². The molecule has 0 unspecified atom stereocenters. The molecule has 5 nitrogen and oxygen atoms in total. The molecule has 2 atom stereocenters. The van der Waals surface area contributed by atoms with Gasteiger partial charge in [-0.2, -0.15) is 0 Å². The standard InChI is InChI=1S/C32H39BrN2O3/c1-6-23(2)34-31(37)28(20-24-13-8-7-9-14-24)35(21-25-15-12-16-26(33)19-25)30(36)22-38-29-18-11-10-17-27(29)32(3,4)5/h7-19,23,28H,6,20-22H2,1-5H3,(H,34,37)/t23-,28-/m0/s1. The lowest BCUT2D eigenvalue weighted by atomic mass is 9.86. The second-order valence-corrected chi connectivity index (χ2v) is 11.6. The van der Waals surface area contributed by atoms with E-state index in [1.807, 2.05) is 92.7 Å². The van der Waals surface area contributed by atoms with Gasteiger partial charge in [0.2, 0.25) is 5.91 Å². The van der Waals surface area contributed by atoms with Crippen molar-refractivity contribution >= 4 is 27.7 Å². The summed E-state index contributed by atoms with van der Waals surface area (Å²) in [7, 11) is 0. The summed E-state index contributed by atoms with van der Waals surface area (Å²) in [5.41, 5.74) is 2.81. The molecule has 0 saturated carbocycles. The number of ether oxygens (including phenoxy) is 1. The summed E-state index contributed by atoms with van der Waals surface area (Å²) in [4.78, 5) is 29.2. The van der Waals surface area contributed by atoms with Gasteiger partial charge >= 0.3 is 0 Å². The average Bonchev–Trinajstić information content (AvgIpc) is 2.89. The average molecular weight is 580 g/mol. The smallest absolute Gasteiger partial charge is 0.261 e. The van der Waals surface area contributed by atoms with Gasteiger partial charge in [-0.25, -0.2) is 0 Å². The van der Waals surface area contributed by atoms with Crippen molar-refractivity contribution in [1.29, 1.82) is 0 Å². The van der Waals surface area contributed by atoms with Crippen LogP contribution in [0.2, 0.25) is 0 Å². The van der Waals surface area contributed by atoms with Crippen molar-refractivity contribution < 1.29 is 14.3 Å². The van der Waals surface area contributed by atoms with Crippen LogP contribution in [0.15, 0.2) is 83.3 Å². The van der Waals surface area contributed by atoms with E-state index in [1.54, 1.807) is 4.90 Å². The monoisotopic (exact) mass is 578 g/mol. The van der Waals surface area contributed by atoms with Crippen molar-refractivity contribution in [3.63, 3.8) is 0 Å². The van der Waals surface area contributed by atoms with Crippen LogP contribution in [0.1, 0.15) is 57.7 Å². The molecule has 3 aromatic rings. The fourth-order valence-electron chi connectivity index (χ4n) is 4.26. The number of para-hydroxylation sites is 1. The minimum absolute atomic E-state index is 0.00138. The Morgan fingerprint density at radius 2 is 1.61 bits per heavy atom. The van der Waals surface area contributed by atoms with Crippen molar-refractivity contribution in [2.24, 2.45) is 0 Å². The highest BCUT2D eigenvalue weighted by Gasteiger charge is 2.31. The molecule has 0 aliphatic carbocycles. The molecule has 2 amide bonds. The van der Waals surface area contributed by atoms with Crippen LogP contribution >= 0.6 is 15.9 Å². The second-order valence-electron chi connectivity index (χ2n) is 10.7. The Morgan fingerprint density at radius 3 is 2.26 bits per heavy atom. The molecule has 0 bridgehead atoms. The molecule has 38 heavy (non-hydrogen) atoms. The summed E-state index contributed by atoms with van der Waals surface area (Å²) in [6, 6.07) is 24.7. The van der Waals surface area contributed by atoms with Gasteiger partial charge in [0.15, 0.2) is 6.61 Å². The minimum atomic E-state index is -0.695. The first kappa shape index (κ1) is 29.4. The van der Waals surface area contributed by atoms with E-state index in [1.165, 1.54) is 0 Å². The number of nitrogens with zero attached hydrogens (tertiary/aromatic N) is 1. The molecule has 0 saturated heterocycles. The molecule has 0 heterocycles. The highest BCUT2D eigenvalue weighted by Crippen LogP contribution is 2.31. The summed E-state index contributed by atoms with van der Waals surface area (Å²) in [6.45, 7) is 10.5. The third-order valence-corrected chi connectivity index (χ3v) is 7.05. The zero-order valence-electron chi connectivity index (χ0n) is 23.0. The quantitative estimate of drug-likeness (QED) is 0.276. The summed E-state index contributed by atoms with van der Waals surface area (Å²) in [5, 5.41) is 3.10. The van der Waals surface area contributed by atoms with Crippen LogP contribution in [-0.4, -0.2) is 35.4 Å². The SMILES string of the molecule is CC[C@H](C)NC(=O)[C@H](Cc1ccccc1)N(Cc1cccc(Br)c1)C(=O)COc1ccccc1C(C)(C)C. The van der Waals surface area contributed by atoms with E-state index >= 15 is 0 Å². The lowest BCUT2D eigenvalue weighted by Crippen LogP contribution is -2.53. The molecule has 3 rings (SSSR count). The van der Waals surface area contributed by atoms with Crippen LogP contribution in [0, 0.1) is 0 Å². The second kappa shape index (κ2) is 13.6. The molecule has 0 aliphatic heterocycles.